The zero-order valence-corrected chi connectivity index (χ0v) is 16.9. The number of rotatable bonds is 5. The number of nitrogens with zero attached hydrogens (tertiary/aromatic N) is 3. The van der Waals surface area contributed by atoms with Gasteiger partial charge in [-0.25, -0.2) is 8.42 Å². The lowest BCUT2D eigenvalue weighted by Crippen LogP contribution is -2.46. The maximum absolute atomic E-state index is 12.8. The first-order valence-corrected chi connectivity index (χ1v) is 10.4. The predicted molar refractivity (Wildman–Crippen MR) is 104 cm³/mol. The standard InChI is InChI=1S/C17H18BrN3O5S/c1-13-12-15(3-4-16(13)18)27(24,25)20-10-8-19(9-11-20)7-6-14-2-5-17(26-14)21(22)23/h2-7,12H,8-11H2,1H3/b7-6+. The van der Waals surface area contributed by atoms with E-state index in [4.69, 9.17) is 4.42 Å². The molecule has 0 unspecified atom stereocenters. The highest BCUT2D eigenvalue weighted by Gasteiger charge is 2.28. The second-order valence-corrected chi connectivity index (χ2v) is 8.89. The third-order valence-corrected chi connectivity index (χ3v) is 7.07. The average molecular weight is 456 g/mol. The normalized spacial score (nSPS) is 16.1. The molecule has 10 heteroatoms. The number of aryl methyl sites for hydroxylation is 1. The number of furan rings is 1. The van der Waals surface area contributed by atoms with Crippen LogP contribution < -0.4 is 0 Å². The summed E-state index contributed by atoms with van der Waals surface area (Å²) in [6.45, 7) is 3.62. The van der Waals surface area contributed by atoms with Crippen LogP contribution in [0.1, 0.15) is 11.3 Å². The van der Waals surface area contributed by atoms with Gasteiger partial charge in [0, 0.05) is 36.9 Å². The molecular formula is C17H18BrN3O5S. The number of sulfonamides is 1. The first-order valence-electron chi connectivity index (χ1n) is 8.20. The summed E-state index contributed by atoms with van der Waals surface area (Å²) in [6.07, 6.45) is 3.39. The van der Waals surface area contributed by atoms with Gasteiger partial charge in [-0.05, 0) is 42.8 Å². The molecule has 1 saturated heterocycles. The summed E-state index contributed by atoms with van der Waals surface area (Å²) < 4.78 is 33.0. The van der Waals surface area contributed by atoms with E-state index < -0.39 is 14.9 Å². The van der Waals surface area contributed by atoms with E-state index in [1.165, 1.54) is 16.4 Å². The Morgan fingerprint density at radius 3 is 2.48 bits per heavy atom. The van der Waals surface area contributed by atoms with Gasteiger partial charge >= 0.3 is 5.88 Å². The van der Waals surface area contributed by atoms with Crippen molar-refractivity contribution in [2.24, 2.45) is 0 Å². The second kappa shape index (κ2) is 7.83. The molecule has 2 aromatic rings. The lowest BCUT2D eigenvalue weighted by molar-refractivity contribution is -0.402. The summed E-state index contributed by atoms with van der Waals surface area (Å²) >= 11 is 3.38. The molecule has 144 valence electrons. The molecule has 8 nitrogen and oxygen atoms in total. The van der Waals surface area contributed by atoms with E-state index in [2.05, 4.69) is 15.9 Å². The molecule has 0 bridgehead atoms. The number of piperazine rings is 1. The highest BCUT2D eigenvalue weighted by Crippen LogP contribution is 2.23. The lowest BCUT2D eigenvalue weighted by atomic mass is 10.2. The Bertz CT molecular complexity index is 978. The third kappa shape index (κ3) is 4.40. The van der Waals surface area contributed by atoms with Crippen LogP contribution in [0.4, 0.5) is 5.88 Å². The van der Waals surface area contributed by atoms with Crippen molar-refractivity contribution in [1.82, 2.24) is 9.21 Å². The molecule has 0 spiro atoms. The fourth-order valence-corrected chi connectivity index (χ4v) is 4.48. The van der Waals surface area contributed by atoms with Crippen LogP contribution in [-0.2, 0) is 10.0 Å². The van der Waals surface area contributed by atoms with E-state index in [9.17, 15) is 18.5 Å². The van der Waals surface area contributed by atoms with Crippen molar-refractivity contribution in [1.29, 1.82) is 0 Å². The first kappa shape index (κ1) is 19.6. The summed E-state index contributed by atoms with van der Waals surface area (Å²) in [4.78, 5) is 12.3. The number of benzene rings is 1. The minimum Gasteiger partial charge on any atom is -0.401 e. The van der Waals surface area contributed by atoms with E-state index in [0.717, 1.165) is 10.0 Å². The van der Waals surface area contributed by atoms with Crippen LogP contribution in [0.15, 0.2) is 50.3 Å². The Hall–Kier alpha value is -2.17. The molecule has 2 heterocycles. The zero-order chi connectivity index (χ0) is 19.6. The van der Waals surface area contributed by atoms with Gasteiger partial charge in [0.25, 0.3) is 0 Å². The van der Waals surface area contributed by atoms with Crippen LogP contribution >= 0.6 is 15.9 Å². The Labute approximate surface area is 165 Å². The smallest absolute Gasteiger partial charge is 0.401 e. The van der Waals surface area contributed by atoms with Gasteiger partial charge < -0.3 is 9.32 Å². The fourth-order valence-electron chi connectivity index (χ4n) is 2.73. The van der Waals surface area contributed by atoms with E-state index in [-0.39, 0.29) is 10.8 Å². The topological polar surface area (TPSA) is 96.9 Å². The molecule has 1 aliphatic rings. The average Bonchev–Trinajstić information content (AvgIpc) is 3.12. The van der Waals surface area contributed by atoms with Gasteiger partial charge in [0.15, 0.2) is 0 Å². The molecule has 0 radical (unpaired) electrons. The molecular weight excluding hydrogens is 438 g/mol. The van der Waals surface area contributed by atoms with Crippen molar-refractivity contribution in [3.05, 3.63) is 62.4 Å². The second-order valence-electron chi connectivity index (χ2n) is 6.10. The Kier molecular flexibility index (Phi) is 5.68. The number of hydrogen-bond donors (Lipinski definition) is 0. The summed E-state index contributed by atoms with van der Waals surface area (Å²) in [6, 6.07) is 7.82. The molecule has 0 saturated carbocycles. The molecule has 1 aromatic heterocycles. The van der Waals surface area contributed by atoms with Crippen LogP contribution in [-0.4, -0.2) is 48.7 Å². The van der Waals surface area contributed by atoms with Crippen molar-refractivity contribution in [3.8, 4) is 0 Å². The van der Waals surface area contributed by atoms with Crippen molar-refractivity contribution < 1.29 is 17.8 Å². The van der Waals surface area contributed by atoms with Gasteiger partial charge in [0.1, 0.15) is 10.7 Å². The molecule has 0 aliphatic carbocycles. The molecule has 3 rings (SSSR count). The van der Waals surface area contributed by atoms with Gasteiger partial charge in [-0.2, -0.15) is 4.31 Å². The van der Waals surface area contributed by atoms with Crippen molar-refractivity contribution in [3.63, 3.8) is 0 Å². The highest BCUT2D eigenvalue weighted by atomic mass is 79.9. The summed E-state index contributed by atoms with van der Waals surface area (Å²) in [5.74, 6) is 0.0671. The van der Waals surface area contributed by atoms with Gasteiger partial charge in [-0.1, -0.05) is 15.9 Å². The maximum Gasteiger partial charge on any atom is 0.433 e. The molecule has 1 aliphatic heterocycles. The number of halogens is 1. The van der Waals surface area contributed by atoms with Crippen LogP contribution in [0, 0.1) is 17.0 Å². The predicted octanol–water partition coefficient (Wildman–Crippen LogP) is 3.24. The van der Waals surface area contributed by atoms with Crippen LogP contribution in [0.3, 0.4) is 0 Å². The summed E-state index contributed by atoms with van der Waals surface area (Å²) in [5.41, 5.74) is 0.866. The SMILES string of the molecule is Cc1cc(S(=O)(=O)N2CCN(/C=C/c3ccc([N+](=O)[O-])o3)CC2)ccc1Br. The largest absolute Gasteiger partial charge is 0.433 e. The first-order chi connectivity index (χ1) is 12.8. The Balaban J connectivity index is 1.63. The molecule has 0 N–H and O–H groups in total. The minimum atomic E-state index is -3.53. The molecule has 1 aromatic carbocycles. The van der Waals surface area contributed by atoms with Gasteiger partial charge in [-0.15, -0.1) is 0 Å². The monoisotopic (exact) mass is 455 g/mol. The molecule has 0 atom stereocenters. The van der Waals surface area contributed by atoms with E-state index >= 15 is 0 Å². The fraction of sp³-hybridized carbons (Fsp3) is 0.294. The Morgan fingerprint density at radius 2 is 1.89 bits per heavy atom. The van der Waals surface area contributed by atoms with Gasteiger partial charge in [0.2, 0.25) is 10.0 Å². The minimum absolute atomic E-state index is 0.287. The quantitative estimate of drug-likeness (QED) is 0.506. The van der Waals surface area contributed by atoms with Gasteiger partial charge in [0.05, 0.1) is 11.0 Å². The zero-order valence-electron chi connectivity index (χ0n) is 14.5. The summed E-state index contributed by atoms with van der Waals surface area (Å²) in [5, 5.41) is 10.6. The van der Waals surface area contributed by atoms with Crippen LogP contribution in [0.2, 0.25) is 0 Å². The molecule has 27 heavy (non-hydrogen) atoms. The van der Waals surface area contributed by atoms with Crippen LogP contribution in [0.5, 0.6) is 0 Å². The van der Waals surface area contributed by atoms with E-state index in [1.54, 1.807) is 30.5 Å². The lowest BCUT2D eigenvalue weighted by Gasteiger charge is -2.33. The van der Waals surface area contributed by atoms with Crippen molar-refractivity contribution in [2.75, 3.05) is 26.2 Å². The van der Waals surface area contributed by atoms with Gasteiger partial charge in [-0.3, -0.25) is 10.1 Å². The maximum atomic E-state index is 12.8. The summed E-state index contributed by atoms with van der Waals surface area (Å²) in [7, 11) is -3.53. The number of hydrogen-bond acceptors (Lipinski definition) is 6. The highest BCUT2D eigenvalue weighted by molar-refractivity contribution is 9.10. The van der Waals surface area contributed by atoms with Crippen molar-refractivity contribution >= 4 is 37.9 Å². The molecule has 1 fully saturated rings. The molecule has 0 amide bonds. The van der Waals surface area contributed by atoms with E-state index in [1.807, 2.05) is 11.8 Å². The van der Waals surface area contributed by atoms with Crippen molar-refractivity contribution in [2.45, 2.75) is 11.8 Å². The third-order valence-electron chi connectivity index (χ3n) is 4.28. The number of nitro groups is 1. The van der Waals surface area contributed by atoms with E-state index in [0.29, 0.717) is 31.9 Å². The Morgan fingerprint density at radius 1 is 1.19 bits per heavy atom. The van der Waals surface area contributed by atoms with Crippen LogP contribution in [0.25, 0.3) is 6.08 Å².